The zero-order valence-corrected chi connectivity index (χ0v) is 13.4. The number of nitrogens with zero attached hydrogens (tertiary/aromatic N) is 3. The summed E-state index contributed by atoms with van der Waals surface area (Å²) in [5.41, 5.74) is 0.872. The maximum atomic E-state index is 11.6. The predicted molar refractivity (Wildman–Crippen MR) is 90.9 cm³/mol. The Balaban J connectivity index is 1.80. The van der Waals surface area contributed by atoms with Gasteiger partial charge in [-0.1, -0.05) is 6.07 Å². The second-order valence-corrected chi connectivity index (χ2v) is 5.62. The fraction of sp³-hybridized carbons (Fsp3) is 0.312. The van der Waals surface area contributed by atoms with Crippen LogP contribution < -0.4 is 10.2 Å². The number of nitro groups is 1. The molecule has 3 rings (SSSR count). The van der Waals surface area contributed by atoms with E-state index in [1.54, 1.807) is 36.6 Å². The second-order valence-electron chi connectivity index (χ2n) is 5.62. The van der Waals surface area contributed by atoms with Crippen molar-refractivity contribution in [1.29, 1.82) is 0 Å². The summed E-state index contributed by atoms with van der Waals surface area (Å²) < 4.78 is 5.23. The fourth-order valence-corrected chi connectivity index (χ4v) is 2.86. The Hall–Kier alpha value is -3.23. The third-order valence-electron chi connectivity index (χ3n) is 4.12. The molecule has 1 aromatic heterocycles. The molecule has 25 heavy (non-hydrogen) atoms. The average Bonchev–Trinajstić information content (AvgIpc) is 3.13. The van der Waals surface area contributed by atoms with Crippen molar-refractivity contribution in [3.8, 4) is 0 Å². The normalized spacial score (nSPS) is 14.4. The summed E-state index contributed by atoms with van der Waals surface area (Å²) in [7, 11) is 0. The summed E-state index contributed by atoms with van der Waals surface area (Å²) in [4.78, 5) is 25.4. The summed E-state index contributed by atoms with van der Waals surface area (Å²) in [5.74, 6) is 0.676. The largest absolute Gasteiger partial charge is 0.467 e. The highest BCUT2D eigenvalue weighted by atomic mass is 16.6. The number of nitrogens with one attached hydrogen (secondary N) is 1. The van der Waals surface area contributed by atoms with Gasteiger partial charge in [0.25, 0.3) is 0 Å². The molecule has 0 radical (unpaired) electrons. The van der Waals surface area contributed by atoms with E-state index >= 15 is 0 Å². The lowest BCUT2D eigenvalue weighted by atomic mass is 10.2. The van der Waals surface area contributed by atoms with Gasteiger partial charge in [0.05, 0.1) is 17.7 Å². The van der Waals surface area contributed by atoms with Crippen LogP contribution in [0.5, 0.6) is 0 Å². The van der Waals surface area contributed by atoms with Crippen LogP contribution in [0.1, 0.15) is 5.76 Å². The predicted octanol–water partition coefficient (Wildman–Crippen LogP) is 2.60. The van der Waals surface area contributed by atoms with E-state index in [0.29, 0.717) is 49.9 Å². The maximum Gasteiger partial charge on any atom is 0.407 e. The number of hydrogen-bond donors (Lipinski definition) is 2. The van der Waals surface area contributed by atoms with Crippen LogP contribution >= 0.6 is 0 Å². The first-order valence-corrected chi connectivity index (χ1v) is 7.82. The quantitative estimate of drug-likeness (QED) is 0.632. The van der Waals surface area contributed by atoms with Gasteiger partial charge >= 0.3 is 11.8 Å². The Morgan fingerprint density at radius 1 is 1.24 bits per heavy atom. The van der Waals surface area contributed by atoms with Crippen LogP contribution in [0, 0.1) is 10.1 Å². The fourth-order valence-electron chi connectivity index (χ4n) is 2.86. The van der Waals surface area contributed by atoms with Gasteiger partial charge in [0, 0.05) is 26.2 Å². The standard InChI is InChI=1S/C16H18N4O5/c21-16(22)19-8-6-18(7-9-19)14-5-1-4-13(15(14)20(23)24)17-11-12-3-2-10-25-12/h1-5,10,17H,6-9,11H2,(H,21,22). The second kappa shape index (κ2) is 7.12. The number of carbonyl (C=O) groups is 1. The molecule has 1 aromatic carbocycles. The number of carboxylic acid groups (broad SMARTS) is 1. The number of nitro benzene ring substituents is 1. The van der Waals surface area contributed by atoms with Crippen molar-refractivity contribution >= 4 is 23.2 Å². The third kappa shape index (κ3) is 3.65. The molecule has 0 atom stereocenters. The van der Waals surface area contributed by atoms with Gasteiger partial charge in [-0.15, -0.1) is 0 Å². The minimum atomic E-state index is -0.969. The van der Waals surface area contributed by atoms with Crippen LogP contribution in [0.15, 0.2) is 41.0 Å². The minimum absolute atomic E-state index is 0.0159. The lowest BCUT2D eigenvalue weighted by Crippen LogP contribution is -2.48. The van der Waals surface area contributed by atoms with E-state index in [0.717, 1.165) is 0 Å². The SMILES string of the molecule is O=C(O)N1CCN(c2cccc(NCc3ccco3)c2[N+](=O)[O-])CC1. The Kier molecular flexibility index (Phi) is 4.73. The Labute approximate surface area is 143 Å². The summed E-state index contributed by atoms with van der Waals surface area (Å²) in [5, 5.41) is 23.7. The highest BCUT2D eigenvalue weighted by Gasteiger charge is 2.27. The zero-order chi connectivity index (χ0) is 17.8. The van der Waals surface area contributed by atoms with E-state index in [4.69, 9.17) is 9.52 Å². The number of para-hydroxylation sites is 1. The van der Waals surface area contributed by atoms with E-state index < -0.39 is 11.0 Å². The van der Waals surface area contributed by atoms with Gasteiger partial charge in [-0.05, 0) is 24.3 Å². The molecule has 1 amide bonds. The van der Waals surface area contributed by atoms with E-state index in [1.165, 1.54) is 4.90 Å². The molecule has 0 bridgehead atoms. The first-order chi connectivity index (χ1) is 12.1. The molecule has 132 valence electrons. The topological polar surface area (TPSA) is 112 Å². The van der Waals surface area contributed by atoms with Crippen molar-refractivity contribution in [3.05, 3.63) is 52.5 Å². The number of rotatable bonds is 5. The van der Waals surface area contributed by atoms with Crippen molar-refractivity contribution in [3.63, 3.8) is 0 Å². The molecule has 1 fully saturated rings. The van der Waals surface area contributed by atoms with E-state index in [2.05, 4.69) is 5.32 Å². The number of benzene rings is 1. The van der Waals surface area contributed by atoms with E-state index in [1.807, 2.05) is 4.90 Å². The number of piperazine rings is 1. The lowest BCUT2D eigenvalue weighted by molar-refractivity contribution is -0.383. The highest BCUT2D eigenvalue weighted by molar-refractivity contribution is 5.77. The molecule has 1 aliphatic heterocycles. The van der Waals surface area contributed by atoms with Gasteiger partial charge in [-0.3, -0.25) is 10.1 Å². The van der Waals surface area contributed by atoms with Gasteiger partial charge in [0.15, 0.2) is 0 Å². The van der Waals surface area contributed by atoms with Crippen molar-refractivity contribution in [1.82, 2.24) is 4.90 Å². The first-order valence-electron chi connectivity index (χ1n) is 7.82. The summed E-state index contributed by atoms with van der Waals surface area (Å²) in [6.45, 7) is 1.79. The summed E-state index contributed by atoms with van der Waals surface area (Å²) in [6, 6.07) is 8.62. The Morgan fingerprint density at radius 2 is 2.00 bits per heavy atom. The molecule has 1 saturated heterocycles. The molecule has 2 heterocycles. The van der Waals surface area contributed by atoms with Gasteiger partial charge in [0.1, 0.15) is 17.1 Å². The molecule has 2 N–H and O–H groups in total. The van der Waals surface area contributed by atoms with Crippen LogP contribution in [0.25, 0.3) is 0 Å². The number of amides is 1. The monoisotopic (exact) mass is 346 g/mol. The molecule has 9 heteroatoms. The molecule has 1 aliphatic rings. The molecule has 9 nitrogen and oxygen atoms in total. The first kappa shape index (κ1) is 16.6. The molecular weight excluding hydrogens is 328 g/mol. The van der Waals surface area contributed by atoms with Crippen LogP contribution in [0.2, 0.25) is 0 Å². The molecule has 0 spiro atoms. The molecule has 0 saturated carbocycles. The Bertz CT molecular complexity index is 754. The lowest BCUT2D eigenvalue weighted by Gasteiger charge is -2.34. The Morgan fingerprint density at radius 3 is 2.60 bits per heavy atom. The zero-order valence-electron chi connectivity index (χ0n) is 13.4. The van der Waals surface area contributed by atoms with E-state index in [-0.39, 0.29) is 5.69 Å². The number of furan rings is 1. The van der Waals surface area contributed by atoms with Gasteiger partial charge < -0.3 is 24.6 Å². The van der Waals surface area contributed by atoms with Crippen LogP contribution in [-0.2, 0) is 6.54 Å². The van der Waals surface area contributed by atoms with Crippen LogP contribution in [0.4, 0.5) is 21.9 Å². The van der Waals surface area contributed by atoms with Crippen LogP contribution in [-0.4, -0.2) is 47.2 Å². The highest BCUT2D eigenvalue weighted by Crippen LogP contribution is 2.36. The van der Waals surface area contributed by atoms with Gasteiger partial charge in [-0.25, -0.2) is 4.79 Å². The smallest absolute Gasteiger partial charge is 0.407 e. The van der Waals surface area contributed by atoms with Gasteiger partial charge in [-0.2, -0.15) is 0 Å². The van der Waals surface area contributed by atoms with Crippen molar-refractivity contribution in [2.24, 2.45) is 0 Å². The molecule has 2 aromatic rings. The van der Waals surface area contributed by atoms with Crippen molar-refractivity contribution in [2.45, 2.75) is 6.54 Å². The van der Waals surface area contributed by atoms with Crippen molar-refractivity contribution < 1.29 is 19.2 Å². The minimum Gasteiger partial charge on any atom is -0.467 e. The molecule has 0 aliphatic carbocycles. The van der Waals surface area contributed by atoms with E-state index in [9.17, 15) is 14.9 Å². The number of hydrogen-bond acceptors (Lipinski definition) is 6. The average molecular weight is 346 g/mol. The molecular formula is C16H18N4O5. The summed E-state index contributed by atoms with van der Waals surface area (Å²) in [6.07, 6.45) is 0.576. The molecule has 0 unspecified atom stereocenters. The van der Waals surface area contributed by atoms with Crippen LogP contribution in [0.3, 0.4) is 0 Å². The van der Waals surface area contributed by atoms with Crippen molar-refractivity contribution in [2.75, 3.05) is 36.4 Å². The third-order valence-corrected chi connectivity index (χ3v) is 4.12. The van der Waals surface area contributed by atoms with Gasteiger partial charge in [0.2, 0.25) is 0 Å². The maximum absolute atomic E-state index is 11.6. The summed E-state index contributed by atoms with van der Waals surface area (Å²) >= 11 is 0. The number of anilines is 2.